The van der Waals surface area contributed by atoms with E-state index in [0.29, 0.717) is 0 Å². The molecule has 0 unspecified atom stereocenters. The van der Waals surface area contributed by atoms with Crippen molar-refractivity contribution >= 4 is 17.3 Å². The van der Waals surface area contributed by atoms with Gasteiger partial charge >= 0.3 is 0 Å². The van der Waals surface area contributed by atoms with E-state index in [0.717, 1.165) is 23.5 Å². The minimum absolute atomic E-state index is 0.235. The molecule has 0 aliphatic carbocycles. The number of guanidine groups is 1. The fourth-order valence-electron chi connectivity index (χ4n) is 1.96. The molecule has 0 heterocycles. The molecule has 0 bridgehead atoms. The molecule has 0 fully saturated rings. The minimum Gasteiger partial charge on any atom is -0.497 e. The Morgan fingerprint density at radius 1 is 1.10 bits per heavy atom. The van der Waals surface area contributed by atoms with Gasteiger partial charge < -0.3 is 15.4 Å². The van der Waals surface area contributed by atoms with Crippen LogP contribution in [0.3, 0.4) is 0 Å². The van der Waals surface area contributed by atoms with Crippen molar-refractivity contribution in [2.24, 2.45) is 0 Å². The van der Waals surface area contributed by atoms with Gasteiger partial charge in [-0.3, -0.25) is 5.41 Å². The van der Waals surface area contributed by atoms with Crippen molar-refractivity contribution in [3.63, 3.8) is 0 Å². The molecule has 0 aliphatic heterocycles. The molecule has 0 aliphatic rings. The molecule has 0 saturated heterocycles. The molecule has 0 spiro atoms. The second kappa shape index (κ2) is 6.61. The fourth-order valence-corrected chi connectivity index (χ4v) is 1.96. The van der Waals surface area contributed by atoms with E-state index in [-0.39, 0.29) is 5.96 Å². The van der Waals surface area contributed by atoms with Crippen LogP contribution < -0.4 is 15.4 Å². The number of para-hydroxylation sites is 1. The molecular formula is C16H19N3O. The molecule has 20 heavy (non-hydrogen) atoms. The van der Waals surface area contributed by atoms with Gasteiger partial charge in [0, 0.05) is 17.4 Å². The largest absolute Gasteiger partial charge is 0.497 e. The second-order valence-corrected chi connectivity index (χ2v) is 4.37. The summed E-state index contributed by atoms with van der Waals surface area (Å²) in [5, 5.41) is 14.1. The average molecular weight is 269 g/mol. The minimum atomic E-state index is 0.235. The third-order valence-electron chi connectivity index (χ3n) is 3.00. The predicted octanol–water partition coefficient (Wildman–Crippen LogP) is 3.72. The van der Waals surface area contributed by atoms with Crippen LogP contribution in [0.1, 0.15) is 12.5 Å². The zero-order valence-electron chi connectivity index (χ0n) is 11.7. The van der Waals surface area contributed by atoms with E-state index >= 15 is 0 Å². The highest BCUT2D eigenvalue weighted by Crippen LogP contribution is 2.18. The van der Waals surface area contributed by atoms with Gasteiger partial charge in [0.2, 0.25) is 0 Å². The lowest BCUT2D eigenvalue weighted by Gasteiger charge is -2.13. The van der Waals surface area contributed by atoms with Crippen LogP contribution in [0, 0.1) is 5.41 Å². The zero-order chi connectivity index (χ0) is 14.4. The van der Waals surface area contributed by atoms with E-state index in [2.05, 4.69) is 23.6 Å². The van der Waals surface area contributed by atoms with Gasteiger partial charge in [-0.15, -0.1) is 0 Å². The Balaban J connectivity index is 2.05. The normalized spacial score (nSPS) is 9.90. The van der Waals surface area contributed by atoms with E-state index < -0.39 is 0 Å². The molecule has 3 N–H and O–H groups in total. The average Bonchev–Trinajstić information content (AvgIpc) is 2.48. The number of anilines is 2. The third-order valence-corrected chi connectivity index (χ3v) is 3.00. The first-order chi connectivity index (χ1) is 9.72. The summed E-state index contributed by atoms with van der Waals surface area (Å²) >= 11 is 0. The summed E-state index contributed by atoms with van der Waals surface area (Å²) < 4.78 is 5.16. The smallest absolute Gasteiger partial charge is 0.197 e. The predicted molar refractivity (Wildman–Crippen MR) is 83.8 cm³/mol. The molecule has 4 nitrogen and oxygen atoms in total. The number of ether oxygens (including phenoxy) is 1. The Hall–Kier alpha value is -2.49. The molecule has 2 rings (SSSR count). The molecule has 0 atom stereocenters. The Morgan fingerprint density at radius 3 is 2.65 bits per heavy atom. The molecule has 0 saturated carbocycles. The lowest BCUT2D eigenvalue weighted by molar-refractivity contribution is 0.415. The van der Waals surface area contributed by atoms with Crippen LogP contribution in [-0.4, -0.2) is 13.1 Å². The molecule has 104 valence electrons. The number of hydrogen-bond donors (Lipinski definition) is 3. The van der Waals surface area contributed by atoms with Gasteiger partial charge in [0.25, 0.3) is 0 Å². The maximum atomic E-state index is 8.00. The summed E-state index contributed by atoms with van der Waals surface area (Å²) in [6.45, 7) is 2.10. The van der Waals surface area contributed by atoms with Crippen molar-refractivity contribution in [3.05, 3.63) is 54.1 Å². The van der Waals surface area contributed by atoms with Crippen molar-refractivity contribution in [3.8, 4) is 5.75 Å². The summed E-state index contributed by atoms with van der Waals surface area (Å²) in [6, 6.07) is 15.5. The van der Waals surface area contributed by atoms with E-state index in [4.69, 9.17) is 10.1 Å². The second-order valence-electron chi connectivity index (χ2n) is 4.37. The molecule has 4 heteroatoms. The van der Waals surface area contributed by atoms with Crippen molar-refractivity contribution < 1.29 is 4.74 Å². The quantitative estimate of drug-likeness (QED) is 0.585. The summed E-state index contributed by atoms with van der Waals surface area (Å²) in [4.78, 5) is 0. The first-order valence-electron chi connectivity index (χ1n) is 6.57. The molecular weight excluding hydrogens is 250 g/mol. The van der Waals surface area contributed by atoms with Crippen LogP contribution in [0.5, 0.6) is 5.75 Å². The van der Waals surface area contributed by atoms with Gasteiger partial charge in [0.1, 0.15) is 5.75 Å². The standard InChI is InChI=1S/C16H19N3O/c1-3-12-7-4-5-10-15(12)19-16(17)18-13-8-6-9-14(11-13)20-2/h4-11H,3H2,1-2H3,(H3,17,18,19). The van der Waals surface area contributed by atoms with Crippen LogP contribution in [0.25, 0.3) is 0 Å². The van der Waals surface area contributed by atoms with Crippen molar-refractivity contribution in [1.82, 2.24) is 0 Å². The lowest BCUT2D eigenvalue weighted by Crippen LogP contribution is -2.21. The number of hydrogen-bond acceptors (Lipinski definition) is 2. The SMILES string of the molecule is CCc1ccccc1NC(=N)Nc1cccc(OC)c1. The number of rotatable bonds is 4. The van der Waals surface area contributed by atoms with Crippen LogP contribution in [0.15, 0.2) is 48.5 Å². The van der Waals surface area contributed by atoms with Crippen LogP contribution >= 0.6 is 0 Å². The van der Waals surface area contributed by atoms with Crippen LogP contribution in [0.4, 0.5) is 11.4 Å². The highest BCUT2D eigenvalue weighted by Gasteiger charge is 2.03. The van der Waals surface area contributed by atoms with Gasteiger partial charge in [-0.2, -0.15) is 0 Å². The Labute approximate surface area is 119 Å². The van der Waals surface area contributed by atoms with Crippen LogP contribution in [0.2, 0.25) is 0 Å². The summed E-state index contributed by atoms with van der Waals surface area (Å²) in [5.74, 6) is 0.996. The number of methoxy groups -OCH3 is 1. The van der Waals surface area contributed by atoms with Gasteiger partial charge in [-0.1, -0.05) is 31.2 Å². The Morgan fingerprint density at radius 2 is 1.90 bits per heavy atom. The maximum absolute atomic E-state index is 8.00. The topological polar surface area (TPSA) is 57.1 Å². The molecule has 0 aromatic heterocycles. The third kappa shape index (κ3) is 3.51. The molecule has 0 amide bonds. The van der Waals surface area contributed by atoms with E-state index in [1.807, 2.05) is 42.5 Å². The van der Waals surface area contributed by atoms with Gasteiger partial charge in [0.05, 0.1) is 7.11 Å². The van der Waals surface area contributed by atoms with E-state index in [9.17, 15) is 0 Å². The van der Waals surface area contributed by atoms with Crippen LogP contribution in [-0.2, 0) is 6.42 Å². The van der Waals surface area contributed by atoms with Crippen molar-refractivity contribution in [1.29, 1.82) is 5.41 Å². The summed E-state index contributed by atoms with van der Waals surface area (Å²) in [6.07, 6.45) is 0.926. The first-order valence-corrected chi connectivity index (χ1v) is 6.57. The molecule has 2 aromatic carbocycles. The van der Waals surface area contributed by atoms with Gasteiger partial charge in [0.15, 0.2) is 5.96 Å². The Kier molecular flexibility index (Phi) is 4.60. The maximum Gasteiger partial charge on any atom is 0.197 e. The highest BCUT2D eigenvalue weighted by atomic mass is 16.5. The number of benzene rings is 2. The molecule has 2 aromatic rings. The van der Waals surface area contributed by atoms with Gasteiger partial charge in [-0.05, 0) is 30.2 Å². The van der Waals surface area contributed by atoms with E-state index in [1.165, 1.54) is 5.56 Å². The Bertz CT molecular complexity index is 596. The zero-order valence-corrected chi connectivity index (χ0v) is 11.7. The number of aryl methyl sites for hydroxylation is 1. The first kappa shape index (κ1) is 13.9. The lowest BCUT2D eigenvalue weighted by atomic mass is 10.1. The summed E-state index contributed by atoms with van der Waals surface area (Å²) in [7, 11) is 1.63. The van der Waals surface area contributed by atoms with Crippen molar-refractivity contribution in [2.45, 2.75) is 13.3 Å². The number of nitrogens with one attached hydrogen (secondary N) is 3. The fraction of sp³-hybridized carbons (Fsp3) is 0.188. The monoisotopic (exact) mass is 269 g/mol. The van der Waals surface area contributed by atoms with Gasteiger partial charge in [-0.25, -0.2) is 0 Å². The van der Waals surface area contributed by atoms with Crippen molar-refractivity contribution in [2.75, 3.05) is 17.7 Å². The summed E-state index contributed by atoms with van der Waals surface area (Å²) in [5.41, 5.74) is 2.95. The highest BCUT2D eigenvalue weighted by molar-refractivity contribution is 6.01. The molecule has 0 radical (unpaired) electrons. The van der Waals surface area contributed by atoms with E-state index in [1.54, 1.807) is 7.11 Å².